The van der Waals surface area contributed by atoms with Crippen LogP contribution in [-0.2, 0) is 4.79 Å². The Bertz CT molecular complexity index is 200. The lowest BCUT2D eigenvalue weighted by Crippen LogP contribution is -2.41. The van der Waals surface area contributed by atoms with Crippen molar-refractivity contribution >= 4 is 5.78 Å². The molecule has 1 aliphatic rings. The van der Waals surface area contributed by atoms with Crippen LogP contribution in [0.5, 0.6) is 0 Å². The number of carbonyl (C=O) groups is 1. The number of Topliss-reactive ketones (excluding diaryl/α,β-unsaturated/α-hetero) is 1. The molecule has 82 valence electrons. The quantitative estimate of drug-likeness (QED) is 0.690. The normalized spacial score (nSPS) is 25.0. The third-order valence-electron chi connectivity index (χ3n) is 3.27. The number of carbonyl (C=O) groups excluding carboxylic acids is 1. The summed E-state index contributed by atoms with van der Waals surface area (Å²) in [6.45, 7) is 6.70. The molecule has 0 amide bonds. The largest absolute Gasteiger partial charge is 0.298 e. The molecule has 0 spiro atoms. The summed E-state index contributed by atoms with van der Waals surface area (Å²) in [7, 11) is 2.10. The van der Waals surface area contributed by atoms with Gasteiger partial charge in [-0.2, -0.15) is 0 Å². The van der Waals surface area contributed by atoms with E-state index in [1.807, 2.05) is 0 Å². The number of nitrogens with zero attached hydrogens (tertiary/aromatic N) is 1. The number of hydrogen-bond acceptors (Lipinski definition) is 2. The highest BCUT2D eigenvalue weighted by Crippen LogP contribution is 2.22. The molecule has 0 aromatic carbocycles. The maximum absolute atomic E-state index is 11.6. The Balaban J connectivity index is 2.46. The molecule has 0 aromatic rings. The second-order valence-electron chi connectivity index (χ2n) is 5.02. The van der Waals surface area contributed by atoms with Crippen molar-refractivity contribution in [1.82, 2.24) is 4.90 Å². The molecular weight excluding hydrogens is 174 g/mol. The number of ketones is 1. The van der Waals surface area contributed by atoms with E-state index in [-0.39, 0.29) is 6.04 Å². The predicted octanol–water partition coefficient (Wildman–Crippen LogP) is 2.47. The van der Waals surface area contributed by atoms with Gasteiger partial charge in [-0.05, 0) is 39.2 Å². The van der Waals surface area contributed by atoms with E-state index in [1.165, 1.54) is 6.42 Å². The Kier molecular flexibility index (Phi) is 4.11. The zero-order valence-electron chi connectivity index (χ0n) is 9.92. The molecule has 1 aliphatic carbocycles. The van der Waals surface area contributed by atoms with Gasteiger partial charge in [0.2, 0.25) is 0 Å². The van der Waals surface area contributed by atoms with Gasteiger partial charge in [-0.25, -0.2) is 0 Å². The lowest BCUT2D eigenvalue weighted by atomic mass is 10.0. The zero-order chi connectivity index (χ0) is 10.7. The molecule has 1 fully saturated rings. The third kappa shape index (κ3) is 2.81. The molecule has 1 saturated carbocycles. The molecule has 0 N–H and O–H groups in total. The van der Waals surface area contributed by atoms with Crippen LogP contribution in [0.1, 0.15) is 46.5 Å². The minimum atomic E-state index is 0.212. The van der Waals surface area contributed by atoms with Crippen LogP contribution in [0.4, 0.5) is 0 Å². The first-order valence-corrected chi connectivity index (χ1v) is 5.77. The lowest BCUT2D eigenvalue weighted by Gasteiger charge is -2.30. The second-order valence-corrected chi connectivity index (χ2v) is 5.02. The van der Waals surface area contributed by atoms with Crippen LogP contribution in [0.3, 0.4) is 0 Å². The van der Waals surface area contributed by atoms with Crippen molar-refractivity contribution in [3.05, 3.63) is 0 Å². The van der Waals surface area contributed by atoms with E-state index < -0.39 is 0 Å². The SMILES string of the molecule is CC(C)CC(C)N(C)C1CCCC1=O. The smallest absolute Gasteiger partial charge is 0.149 e. The predicted molar refractivity (Wildman–Crippen MR) is 59.3 cm³/mol. The summed E-state index contributed by atoms with van der Waals surface area (Å²) in [6, 6.07) is 0.741. The van der Waals surface area contributed by atoms with E-state index in [0.29, 0.717) is 17.7 Å². The Labute approximate surface area is 87.7 Å². The van der Waals surface area contributed by atoms with Crippen molar-refractivity contribution in [2.24, 2.45) is 5.92 Å². The maximum Gasteiger partial charge on any atom is 0.149 e. The van der Waals surface area contributed by atoms with Gasteiger partial charge >= 0.3 is 0 Å². The van der Waals surface area contributed by atoms with E-state index in [1.54, 1.807) is 0 Å². The van der Waals surface area contributed by atoms with E-state index in [2.05, 4.69) is 32.7 Å². The average Bonchev–Trinajstić information content (AvgIpc) is 2.48. The highest BCUT2D eigenvalue weighted by molar-refractivity contribution is 5.85. The molecule has 2 atom stereocenters. The fraction of sp³-hybridized carbons (Fsp3) is 0.917. The van der Waals surface area contributed by atoms with Crippen molar-refractivity contribution in [1.29, 1.82) is 0 Å². The van der Waals surface area contributed by atoms with Crippen LogP contribution in [0.15, 0.2) is 0 Å². The van der Waals surface area contributed by atoms with Crippen LogP contribution in [0, 0.1) is 5.92 Å². The monoisotopic (exact) mass is 197 g/mol. The highest BCUT2D eigenvalue weighted by Gasteiger charge is 2.30. The topological polar surface area (TPSA) is 20.3 Å². The molecule has 0 bridgehead atoms. The van der Waals surface area contributed by atoms with Gasteiger partial charge < -0.3 is 0 Å². The van der Waals surface area contributed by atoms with Gasteiger partial charge in [0.25, 0.3) is 0 Å². The molecule has 2 unspecified atom stereocenters. The van der Waals surface area contributed by atoms with E-state index in [4.69, 9.17) is 0 Å². The minimum absolute atomic E-state index is 0.212. The molecule has 0 aromatic heterocycles. The van der Waals surface area contributed by atoms with Gasteiger partial charge in [-0.1, -0.05) is 13.8 Å². The molecule has 2 heteroatoms. The molecule has 14 heavy (non-hydrogen) atoms. The number of likely N-dealkylation sites (N-methyl/N-ethyl adjacent to an activating group) is 1. The van der Waals surface area contributed by atoms with Crippen LogP contribution in [-0.4, -0.2) is 29.8 Å². The van der Waals surface area contributed by atoms with Gasteiger partial charge in [-0.15, -0.1) is 0 Å². The van der Waals surface area contributed by atoms with Gasteiger partial charge in [-0.3, -0.25) is 9.69 Å². The highest BCUT2D eigenvalue weighted by atomic mass is 16.1. The van der Waals surface area contributed by atoms with Crippen LogP contribution in [0.25, 0.3) is 0 Å². The van der Waals surface area contributed by atoms with Crippen molar-refractivity contribution in [3.63, 3.8) is 0 Å². The van der Waals surface area contributed by atoms with Crippen molar-refractivity contribution in [2.45, 2.75) is 58.5 Å². The lowest BCUT2D eigenvalue weighted by molar-refractivity contribution is -0.122. The van der Waals surface area contributed by atoms with E-state index in [0.717, 1.165) is 19.3 Å². The summed E-state index contributed by atoms with van der Waals surface area (Å²) in [5.41, 5.74) is 0. The van der Waals surface area contributed by atoms with Crippen molar-refractivity contribution < 1.29 is 4.79 Å². The molecule has 0 saturated heterocycles. The molecule has 2 nitrogen and oxygen atoms in total. The Morgan fingerprint density at radius 1 is 1.43 bits per heavy atom. The fourth-order valence-corrected chi connectivity index (χ4v) is 2.38. The first kappa shape index (κ1) is 11.7. The first-order valence-electron chi connectivity index (χ1n) is 5.77. The molecular formula is C12H23NO. The first-order chi connectivity index (χ1) is 6.52. The molecule has 0 radical (unpaired) electrons. The van der Waals surface area contributed by atoms with Gasteiger partial charge in [0.05, 0.1) is 6.04 Å². The summed E-state index contributed by atoms with van der Waals surface area (Å²) >= 11 is 0. The third-order valence-corrected chi connectivity index (χ3v) is 3.27. The Morgan fingerprint density at radius 2 is 2.07 bits per heavy atom. The fourth-order valence-electron chi connectivity index (χ4n) is 2.38. The summed E-state index contributed by atoms with van der Waals surface area (Å²) < 4.78 is 0. The van der Waals surface area contributed by atoms with Gasteiger partial charge in [0, 0.05) is 12.5 Å². The maximum atomic E-state index is 11.6. The summed E-state index contributed by atoms with van der Waals surface area (Å²) in [5.74, 6) is 1.16. The number of rotatable bonds is 4. The Hall–Kier alpha value is -0.370. The van der Waals surface area contributed by atoms with Crippen LogP contribution < -0.4 is 0 Å². The summed E-state index contributed by atoms with van der Waals surface area (Å²) in [4.78, 5) is 13.8. The standard InChI is InChI=1S/C12H23NO/c1-9(2)8-10(3)13(4)11-6-5-7-12(11)14/h9-11H,5-8H2,1-4H3. The second kappa shape index (κ2) is 4.92. The van der Waals surface area contributed by atoms with Gasteiger partial charge in [0.15, 0.2) is 0 Å². The zero-order valence-corrected chi connectivity index (χ0v) is 9.92. The number of hydrogen-bond donors (Lipinski definition) is 0. The summed E-state index contributed by atoms with van der Waals surface area (Å²) in [6.07, 6.45) is 4.13. The average molecular weight is 197 g/mol. The Morgan fingerprint density at radius 3 is 2.50 bits per heavy atom. The molecule has 0 aliphatic heterocycles. The van der Waals surface area contributed by atoms with E-state index in [9.17, 15) is 4.79 Å². The van der Waals surface area contributed by atoms with E-state index >= 15 is 0 Å². The molecule has 1 rings (SSSR count). The van der Waals surface area contributed by atoms with Crippen molar-refractivity contribution in [2.75, 3.05) is 7.05 Å². The van der Waals surface area contributed by atoms with Crippen LogP contribution >= 0.6 is 0 Å². The summed E-state index contributed by atoms with van der Waals surface area (Å²) in [5, 5.41) is 0. The van der Waals surface area contributed by atoms with Gasteiger partial charge in [0.1, 0.15) is 5.78 Å². The minimum Gasteiger partial charge on any atom is -0.298 e. The van der Waals surface area contributed by atoms with Crippen molar-refractivity contribution in [3.8, 4) is 0 Å². The van der Waals surface area contributed by atoms with Crippen LogP contribution in [0.2, 0.25) is 0 Å². The molecule has 0 heterocycles.